The average molecular weight is 557 g/mol. The lowest BCUT2D eigenvalue weighted by Crippen LogP contribution is -2.32. The number of ether oxygens (including phenoxy) is 2. The van der Waals surface area contributed by atoms with Crippen molar-refractivity contribution in [3.8, 4) is 11.5 Å². The summed E-state index contributed by atoms with van der Waals surface area (Å²) in [6.07, 6.45) is 1.71. The molecule has 0 N–H and O–H groups in total. The van der Waals surface area contributed by atoms with E-state index in [4.69, 9.17) is 32.7 Å². The van der Waals surface area contributed by atoms with Gasteiger partial charge in [0.05, 0.1) is 11.4 Å². The number of halogens is 2. The van der Waals surface area contributed by atoms with Gasteiger partial charge in [-0.3, -0.25) is 14.5 Å². The molecule has 37 heavy (non-hydrogen) atoms. The van der Waals surface area contributed by atoms with Crippen LogP contribution >= 0.6 is 35.0 Å². The summed E-state index contributed by atoms with van der Waals surface area (Å²) in [5, 5.41) is 0.819. The Morgan fingerprint density at radius 2 is 1.73 bits per heavy atom. The number of rotatable bonds is 9. The molecule has 1 fully saturated rings. The first-order valence-electron chi connectivity index (χ1n) is 11.9. The zero-order valence-electron chi connectivity index (χ0n) is 20.8. The van der Waals surface area contributed by atoms with Crippen molar-refractivity contribution in [3.05, 3.63) is 97.9 Å². The molecule has 192 valence electrons. The zero-order valence-corrected chi connectivity index (χ0v) is 23.1. The molecule has 1 aliphatic heterocycles. The molecule has 1 saturated heterocycles. The number of nitrogens with zero attached hydrogens (tertiary/aromatic N) is 1. The maximum atomic E-state index is 12.9. The Kier molecular flexibility index (Phi) is 8.85. The second-order valence-corrected chi connectivity index (χ2v) is 10.8. The lowest BCUT2D eigenvalue weighted by atomic mass is 10.0. The Hall–Kier alpha value is -2.93. The molecule has 4 rings (SSSR count). The summed E-state index contributed by atoms with van der Waals surface area (Å²) in [7, 11) is 0. The molecule has 0 atom stereocenters. The minimum absolute atomic E-state index is 0.188. The first-order chi connectivity index (χ1) is 17.7. The molecular formula is C29H27Cl2NO4S. The smallest absolute Gasteiger partial charge is 0.293 e. The van der Waals surface area contributed by atoms with E-state index in [2.05, 4.69) is 26.0 Å². The molecule has 0 aliphatic carbocycles. The van der Waals surface area contributed by atoms with Gasteiger partial charge in [0.15, 0.2) is 0 Å². The molecule has 8 heteroatoms. The lowest BCUT2D eigenvalue weighted by molar-refractivity contribution is -0.123. The van der Waals surface area contributed by atoms with Crippen LogP contribution in [-0.2, 0) is 11.4 Å². The molecular weight excluding hydrogens is 529 g/mol. The van der Waals surface area contributed by atoms with Crippen LogP contribution in [0.2, 0.25) is 10.0 Å². The summed E-state index contributed by atoms with van der Waals surface area (Å²) in [6, 6.07) is 18.6. The highest BCUT2D eigenvalue weighted by atomic mass is 35.5. The number of carbonyl (C=O) groups excluding carboxylic acids is 2. The van der Waals surface area contributed by atoms with Crippen LogP contribution in [0.5, 0.6) is 11.5 Å². The van der Waals surface area contributed by atoms with E-state index in [0.717, 1.165) is 39.8 Å². The third kappa shape index (κ3) is 6.89. The minimum Gasteiger partial charge on any atom is -0.491 e. The van der Waals surface area contributed by atoms with Crippen molar-refractivity contribution in [1.82, 2.24) is 4.90 Å². The molecule has 3 aromatic rings. The molecule has 3 aromatic carbocycles. The van der Waals surface area contributed by atoms with Crippen LogP contribution in [0, 0.1) is 6.92 Å². The highest BCUT2D eigenvalue weighted by Gasteiger charge is 2.34. The summed E-state index contributed by atoms with van der Waals surface area (Å²) in [4.78, 5) is 27.0. The van der Waals surface area contributed by atoms with Gasteiger partial charge in [0, 0.05) is 15.6 Å². The Balaban J connectivity index is 1.34. The van der Waals surface area contributed by atoms with E-state index in [0.29, 0.717) is 33.2 Å². The fourth-order valence-corrected chi connectivity index (χ4v) is 5.12. The average Bonchev–Trinajstić information content (AvgIpc) is 3.11. The molecule has 1 aliphatic rings. The predicted octanol–water partition coefficient (Wildman–Crippen LogP) is 8.12. The largest absolute Gasteiger partial charge is 0.491 e. The first kappa shape index (κ1) is 27.1. The third-order valence-electron chi connectivity index (χ3n) is 5.82. The summed E-state index contributed by atoms with van der Waals surface area (Å²) < 4.78 is 11.8. The van der Waals surface area contributed by atoms with Crippen molar-refractivity contribution < 1.29 is 19.1 Å². The van der Waals surface area contributed by atoms with E-state index < -0.39 is 0 Å². The van der Waals surface area contributed by atoms with E-state index in [1.807, 2.05) is 43.3 Å². The van der Waals surface area contributed by atoms with Gasteiger partial charge in [-0.25, -0.2) is 0 Å². The Labute approximate surface area is 231 Å². The molecule has 0 aromatic heterocycles. The van der Waals surface area contributed by atoms with Gasteiger partial charge < -0.3 is 9.47 Å². The molecule has 5 nitrogen and oxygen atoms in total. The highest BCUT2D eigenvalue weighted by Crippen LogP contribution is 2.33. The van der Waals surface area contributed by atoms with Crippen LogP contribution in [0.1, 0.15) is 42.0 Å². The van der Waals surface area contributed by atoms with Crippen LogP contribution in [0.25, 0.3) is 6.08 Å². The van der Waals surface area contributed by atoms with Crippen molar-refractivity contribution in [3.63, 3.8) is 0 Å². The topological polar surface area (TPSA) is 55.8 Å². The van der Waals surface area contributed by atoms with Crippen LogP contribution < -0.4 is 9.47 Å². The molecule has 1 heterocycles. The number of carbonyl (C=O) groups is 2. The van der Waals surface area contributed by atoms with Gasteiger partial charge in [-0.1, -0.05) is 67.4 Å². The van der Waals surface area contributed by atoms with Gasteiger partial charge in [-0.05, 0) is 77.7 Å². The molecule has 2 amide bonds. The van der Waals surface area contributed by atoms with Gasteiger partial charge in [-0.2, -0.15) is 0 Å². The van der Waals surface area contributed by atoms with Crippen LogP contribution in [0.15, 0.2) is 65.6 Å². The summed E-state index contributed by atoms with van der Waals surface area (Å²) in [5.41, 5.74) is 3.82. The number of aryl methyl sites for hydroxylation is 1. The Bertz CT molecular complexity index is 1340. The predicted molar refractivity (Wildman–Crippen MR) is 151 cm³/mol. The van der Waals surface area contributed by atoms with E-state index in [1.165, 1.54) is 4.90 Å². The second-order valence-electron chi connectivity index (χ2n) is 8.97. The SMILES string of the molecule is Cc1ccc(C(C)C)c(OCCN2C(=O)S/C(=C\c3ccc(OCc4ccc(Cl)cc4Cl)cc3)C2=O)c1. The van der Waals surface area contributed by atoms with E-state index >= 15 is 0 Å². The van der Waals surface area contributed by atoms with Crippen molar-refractivity contribution in [2.75, 3.05) is 13.2 Å². The highest BCUT2D eigenvalue weighted by molar-refractivity contribution is 8.18. The maximum Gasteiger partial charge on any atom is 0.293 e. The number of hydrogen-bond acceptors (Lipinski definition) is 5. The van der Waals surface area contributed by atoms with Crippen molar-refractivity contribution in [1.29, 1.82) is 0 Å². The fraction of sp³-hybridized carbons (Fsp3) is 0.241. The standard InChI is InChI=1S/C29H27Cl2NO4S/c1-18(2)24-11-4-19(3)14-26(24)35-13-12-32-28(33)27(37-29(32)34)15-20-5-9-23(10-6-20)36-17-21-7-8-22(30)16-25(21)31/h4-11,14-16,18H,12-13,17H2,1-3H3/b27-15-. The van der Waals surface area contributed by atoms with E-state index in [9.17, 15) is 9.59 Å². The summed E-state index contributed by atoms with van der Waals surface area (Å²) >= 11 is 13.1. The minimum atomic E-state index is -0.315. The van der Waals surface area contributed by atoms with Crippen molar-refractivity contribution >= 4 is 52.2 Å². The summed E-state index contributed by atoms with van der Waals surface area (Å²) in [6.45, 7) is 6.94. The third-order valence-corrected chi connectivity index (χ3v) is 7.32. The number of benzene rings is 3. The van der Waals surface area contributed by atoms with Gasteiger partial charge in [-0.15, -0.1) is 0 Å². The van der Waals surface area contributed by atoms with Crippen LogP contribution in [-0.4, -0.2) is 29.2 Å². The van der Waals surface area contributed by atoms with Crippen LogP contribution in [0.3, 0.4) is 0 Å². The molecule has 0 unspecified atom stereocenters. The van der Waals surface area contributed by atoms with Gasteiger partial charge in [0.2, 0.25) is 0 Å². The maximum absolute atomic E-state index is 12.9. The fourth-order valence-electron chi connectivity index (χ4n) is 3.79. The number of hydrogen-bond donors (Lipinski definition) is 0. The first-order valence-corrected chi connectivity index (χ1v) is 13.4. The second kappa shape index (κ2) is 12.1. The van der Waals surface area contributed by atoms with Crippen molar-refractivity contribution in [2.45, 2.75) is 33.3 Å². The van der Waals surface area contributed by atoms with Gasteiger partial charge in [0.25, 0.3) is 11.1 Å². The Morgan fingerprint density at radius 3 is 2.43 bits per heavy atom. The molecule has 0 spiro atoms. The van der Waals surface area contributed by atoms with E-state index in [-0.39, 0.29) is 24.3 Å². The normalized spacial score (nSPS) is 14.6. The number of imide groups is 1. The van der Waals surface area contributed by atoms with Crippen molar-refractivity contribution in [2.24, 2.45) is 0 Å². The van der Waals surface area contributed by atoms with Gasteiger partial charge in [0.1, 0.15) is 24.7 Å². The van der Waals surface area contributed by atoms with Crippen LogP contribution in [0.4, 0.5) is 4.79 Å². The molecule has 0 bridgehead atoms. The number of thioether (sulfide) groups is 1. The van der Waals surface area contributed by atoms with Gasteiger partial charge >= 0.3 is 0 Å². The zero-order chi connectivity index (χ0) is 26.5. The molecule has 0 saturated carbocycles. The monoisotopic (exact) mass is 555 g/mol. The summed E-state index contributed by atoms with van der Waals surface area (Å²) in [5.74, 6) is 1.44. The lowest BCUT2D eigenvalue weighted by Gasteiger charge is -2.17. The Morgan fingerprint density at radius 1 is 0.973 bits per heavy atom. The number of amides is 2. The quantitative estimate of drug-likeness (QED) is 0.249. The van der Waals surface area contributed by atoms with E-state index in [1.54, 1.807) is 18.2 Å². The molecule has 0 radical (unpaired) electrons.